The summed E-state index contributed by atoms with van der Waals surface area (Å²) in [6, 6.07) is 3.58. The number of carboxylic acid groups (broad SMARTS) is 1. The molecule has 0 aliphatic carbocycles. The lowest BCUT2D eigenvalue weighted by Crippen LogP contribution is -2.02. The molecule has 0 atom stereocenters. The number of aromatic nitrogens is 1. The fourth-order valence-electron chi connectivity index (χ4n) is 2.72. The number of hydrogen-bond donors (Lipinski definition) is 2. The standard InChI is InChI=1S/C16H22N2O2/c1-10(2)13-7-12(16(19)20)8-14-11(5-4-6-17)9-18(3)15(13)14/h7-10H,4-6,17H2,1-3H3,(H,19,20). The van der Waals surface area contributed by atoms with E-state index in [1.165, 1.54) is 5.56 Å². The molecule has 0 fully saturated rings. The third-order valence-electron chi connectivity index (χ3n) is 3.71. The molecule has 0 aliphatic heterocycles. The summed E-state index contributed by atoms with van der Waals surface area (Å²) in [7, 11) is 2.01. The van der Waals surface area contributed by atoms with Crippen molar-refractivity contribution >= 4 is 16.9 Å². The summed E-state index contributed by atoms with van der Waals surface area (Å²) < 4.78 is 2.10. The zero-order valence-electron chi connectivity index (χ0n) is 12.3. The number of carboxylic acids is 1. The average molecular weight is 274 g/mol. The molecule has 1 aromatic carbocycles. The van der Waals surface area contributed by atoms with Gasteiger partial charge >= 0.3 is 5.97 Å². The van der Waals surface area contributed by atoms with E-state index in [0.29, 0.717) is 12.1 Å². The molecule has 20 heavy (non-hydrogen) atoms. The van der Waals surface area contributed by atoms with Crippen molar-refractivity contribution in [3.63, 3.8) is 0 Å². The molecule has 2 rings (SSSR count). The zero-order chi connectivity index (χ0) is 14.9. The minimum Gasteiger partial charge on any atom is -0.478 e. The molecule has 0 amide bonds. The number of fused-ring (bicyclic) bond motifs is 1. The second-order valence-electron chi connectivity index (χ2n) is 5.58. The molecule has 0 bridgehead atoms. The minimum atomic E-state index is -0.873. The Bertz CT molecular complexity index is 641. The van der Waals surface area contributed by atoms with Crippen molar-refractivity contribution < 1.29 is 9.90 Å². The second-order valence-corrected chi connectivity index (χ2v) is 5.58. The van der Waals surface area contributed by atoms with Crippen molar-refractivity contribution in [1.82, 2.24) is 4.57 Å². The maximum Gasteiger partial charge on any atom is 0.335 e. The Morgan fingerprint density at radius 2 is 2.10 bits per heavy atom. The van der Waals surface area contributed by atoms with Gasteiger partial charge < -0.3 is 15.4 Å². The molecule has 4 heteroatoms. The average Bonchev–Trinajstić information content (AvgIpc) is 2.72. The van der Waals surface area contributed by atoms with E-state index >= 15 is 0 Å². The molecule has 3 N–H and O–H groups in total. The SMILES string of the molecule is CC(C)c1cc(C(=O)O)cc2c(CCCN)cn(C)c12. The van der Waals surface area contributed by atoms with Crippen LogP contribution in [0.5, 0.6) is 0 Å². The summed E-state index contributed by atoms with van der Waals surface area (Å²) in [5, 5.41) is 10.3. The number of rotatable bonds is 5. The van der Waals surface area contributed by atoms with Crippen LogP contribution in [0, 0.1) is 0 Å². The van der Waals surface area contributed by atoms with Crippen LogP contribution in [-0.4, -0.2) is 22.2 Å². The topological polar surface area (TPSA) is 68.2 Å². The first-order chi connectivity index (χ1) is 9.45. The van der Waals surface area contributed by atoms with E-state index in [2.05, 4.69) is 24.6 Å². The number of carbonyl (C=O) groups is 1. The smallest absolute Gasteiger partial charge is 0.335 e. The van der Waals surface area contributed by atoms with E-state index in [9.17, 15) is 9.90 Å². The second kappa shape index (κ2) is 5.67. The van der Waals surface area contributed by atoms with Gasteiger partial charge in [0.1, 0.15) is 0 Å². The first-order valence-electron chi connectivity index (χ1n) is 7.01. The van der Waals surface area contributed by atoms with E-state index in [0.717, 1.165) is 29.3 Å². The van der Waals surface area contributed by atoms with Crippen LogP contribution in [0.2, 0.25) is 0 Å². The van der Waals surface area contributed by atoms with E-state index in [4.69, 9.17) is 5.73 Å². The highest BCUT2D eigenvalue weighted by Crippen LogP contribution is 2.31. The summed E-state index contributed by atoms with van der Waals surface area (Å²) in [4.78, 5) is 11.3. The number of nitrogens with zero attached hydrogens (tertiary/aromatic N) is 1. The van der Waals surface area contributed by atoms with Gasteiger partial charge in [-0.2, -0.15) is 0 Å². The monoisotopic (exact) mass is 274 g/mol. The van der Waals surface area contributed by atoms with Crippen LogP contribution in [0.3, 0.4) is 0 Å². The van der Waals surface area contributed by atoms with Gasteiger partial charge in [-0.05, 0) is 48.6 Å². The molecule has 108 valence electrons. The Hall–Kier alpha value is -1.81. The van der Waals surface area contributed by atoms with E-state index in [1.807, 2.05) is 7.05 Å². The summed E-state index contributed by atoms with van der Waals surface area (Å²) >= 11 is 0. The Morgan fingerprint density at radius 1 is 1.40 bits per heavy atom. The van der Waals surface area contributed by atoms with E-state index < -0.39 is 5.97 Å². The molecule has 0 aliphatic rings. The Balaban J connectivity index is 2.70. The van der Waals surface area contributed by atoms with Crippen LogP contribution in [-0.2, 0) is 13.5 Å². The molecule has 4 nitrogen and oxygen atoms in total. The van der Waals surface area contributed by atoms with Crippen molar-refractivity contribution in [1.29, 1.82) is 0 Å². The molecule has 2 aromatic rings. The lowest BCUT2D eigenvalue weighted by Gasteiger charge is -2.11. The van der Waals surface area contributed by atoms with E-state index in [-0.39, 0.29) is 5.92 Å². The van der Waals surface area contributed by atoms with Crippen LogP contribution >= 0.6 is 0 Å². The van der Waals surface area contributed by atoms with Gasteiger partial charge in [-0.25, -0.2) is 4.79 Å². The van der Waals surface area contributed by atoms with E-state index in [1.54, 1.807) is 12.1 Å². The Morgan fingerprint density at radius 3 is 2.65 bits per heavy atom. The molecule has 0 radical (unpaired) electrons. The number of aryl methyl sites for hydroxylation is 2. The highest BCUT2D eigenvalue weighted by atomic mass is 16.4. The molecule has 0 spiro atoms. The van der Waals surface area contributed by atoms with Gasteiger partial charge in [0.05, 0.1) is 11.1 Å². The largest absolute Gasteiger partial charge is 0.478 e. The maximum absolute atomic E-state index is 11.3. The lowest BCUT2D eigenvalue weighted by atomic mass is 9.96. The van der Waals surface area contributed by atoms with Gasteiger partial charge in [-0.3, -0.25) is 0 Å². The summed E-state index contributed by atoms with van der Waals surface area (Å²) in [5.41, 5.74) is 9.34. The van der Waals surface area contributed by atoms with Crippen molar-refractivity contribution in [2.45, 2.75) is 32.6 Å². The zero-order valence-corrected chi connectivity index (χ0v) is 12.3. The van der Waals surface area contributed by atoms with Gasteiger partial charge in [0.25, 0.3) is 0 Å². The normalized spacial score (nSPS) is 11.4. The number of nitrogens with two attached hydrogens (primary N) is 1. The summed E-state index contributed by atoms with van der Waals surface area (Å²) in [6.07, 6.45) is 3.89. The highest BCUT2D eigenvalue weighted by Gasteiger charge is 2.16. The van der Waals surface area contributed by atoms with Crippen LogP contribution < -0.4 is 5.73 Å². The predicted octanol–water partition coefficient (Wildman–Crippen LogP) is 2.89. The minimum absolute atomic E-state index is 0.285. The van der Waals surface area contributed by atoms with Gasteiger partial charge in [-0.15, -0.1) is 0 Å². The molecule has 0 saturated carbocycles. The molecular weight excluding hydrogens is 252 g/mol. The quantitative estimate of drug-likeness (QED) is 0.881. The predicted molar refractivity (Wildman–Crippen MR) is 81.3 cm³/mol. The number of hydrogen-bond acceptors (Lipinski definition) is 2. The lowest BCUT2D eigenvalue weighted by molar-refractivity contribution is 0.0697. The van der Waals surface area contributed by atoms with Crippen molar-refractivity contribution in [2.24, 2.45) is 12.8 Å². The Kier molecular flexibility index (Phi) is 4.14. The van der Waals surface area contributed by atoms with Crippen LogP contribution in [0.1, 0.15) is 47.7 Å². The molecule has 0 saturated heterocycles. The van der Waals surface area contributed by atoms with Gasteiger partial charge in [0, 0.05) is 18.6 Å². The summed E-state index contributed by atoms with van der Waals surface area (Å²) in [6.45, 7) is 4.83. The first kappa shape index (κ1) is 14.6. The van der Waals surface area contributed by atoms with Crippen molar-refractivity contribution in [3.8, 4) is 0 Å². The molecule has 1 heterocycles. The number of aromatic carboxylic acids is 1. The molecule has 1 aromatic heterocycles. The van der Waals surface area contributed by atoms with Crippen molar-refractivity contribution in [2.75, 3.05) is 6.54 Å². The van der Waals surface area contributed by atoms with Crippen LogP contribution in [0.4, 0.5) is 0 Å². The molecular formula is C16H22N2O2. The van der Waals surface area contributed by atoms with Gasteiger partial charge in [0.2, 0.25) is 0 Å². The van der Waals surface area contributed by atoms with Gasteiger partial charge in [0.15, 0.2) is 0 Å². The fourth-order valence-corrected chi connectivity index (χ4v) is 2.72. The summed E-state index contributed by atoms with van der Waals surface area (Å²) in [5.74, 6) is -0.588. The fraction of sp³-hybridized carbons (Fsp3) is 0.438. The third kappa shape index (κ3) is 2.56. The molecule has 0 unspecified atom stereocenters. The van der Waals surface area contributed by atoms with Crippen molar-refractivity contribution in [3.05, 3.63) is 35.0 Å². The maximum atomic E-state index is 11.3. The van der Waals surface area contributed by atoms with Crippen LogP contribution in [0.25, 0.3) is 10.9 Å². The number of benzene rings is 1. The third-order valence-corrected chi connectivity index (χ3v) is 3.71. The highest BCUT2D eigenvalue weighted by molar-refractivity contribution is 5.96. The first-order valence-corrected chi connectivity index (χ1v) is 7.01. The Labute approximate surface area is 119 Å². The van der Waals surface area contributed by atoms with Gasteiger partial charge in [-0.1, -0.05) is 13.8 Å². The van der Waals surface area contributed by atoms with Crippen LogP contribution in [0.15, 0.2) is 18.3 Å².